The molecule has 2 rings (SSSR count). The summed E-state index contributed by atoms with van der Waals surface area (Å²) >= 11 is 0. The number of aryl methyl sites for hydroxylation is 2. The first kappa shape index (κ1) is 12.8. The summed E-state index contributed by atoms with van der Waals surface area (Å²) < 4.78 is 5.33. The summed E-state index contributed by atoms with van der Waals surface area (Å²) in [5.74, 6) is 0.893. The summed E-state index contributed by atoms with van der Waals surface area (Å²) in [7, 11) is 0. The summed E-state index contributed by atoms with van der Waals surface area (Å²) in [6, 6.07) is 2.02. The van der Waals surface area contributed by atoms with E-state index >= 15 is 0 Å². The number of hydrogen-bond donors (Lipinski definition) is 1. The van der Waals surface area contributed by atoms with Gasteiger partial charge in [0.1, 0.15) is 5.82 Å². The lowest BCUT2D eigenvalue weighted by Gasteiger charge is -2.28. The number of amides is 1. The van der Waals surface area contributed by atoms with Crippen LogP contribution < -0.4 is 10.2 Å². The van der Waals surface area contributed by atoms with Crippen LogP contribution in [0, 0.1) is 13.8 Å². The Morgan fingerprint density at radius 1 is 1.39 bits per heavy atom. The summed E-state index contributed by atoms with van der Waals surface area (Å²) in [5, 5.41) is 2.83. The first-order valence-corrected chi connectivity index (χ1v) is 6.16. The third kappa shape index (κ3) is 2.79. The highest BCUT2D eigenvalue weighted by Crippen LogP contribution is 2.24. The molecule has 1 aromatic rings. The largest absolute Gasteiger partial charge is 0.378 e. The Kier molecular flexibility index (Phi) is 3.81. The van der Waals surface area contributed by atoms with Crippen molar-refractivity contribution in [3.63, 3.8) is 0 Å². The van der Waals surface area contributed by atoms with Gasteiger partial charge in [-0.3, -0.25) is 4.79 Å². The Bertz CT molecular complexity index is 431. The Balaban J connectivity index is 2.26. The smallest absolute Gasteiger partial charge is 0.221 e. The van der Waals surface area contributed by atoms with E-state index in [0.717, 1.165) is 49.1 Å². The molecule has 1 fully saturated rings. The Morgan fingerprint density at radius 2 is 2.06 bits per heavy atom. The predicted octanol–water partition coefficient (Wildman–Crippen LogP) is 1.49. The second-order valence-corrected chi connectivity index (χ2v) is 4.54. The molecule has 1 amide bonds. The molecule has 98 valence electrons. The fraction of sp³-hybridized carbons (Fsp3) is 0.538. The van der Waals surface area contributed by atoms with Gasteiger partial charge in [-0.1, -0.05) is 0 Å². The lowest BCUT2D eigenvalue weighted by molar-refractivity contribution is -0.114. The second-order valence-electron chi connectivity index (χ2n) is 4.54. The van der Waals surface area contributed by atoms with Crippen molar-refractivity contribution in [3.05, 3.63) is 17.3 Å². The number of anilines is 2. The molecular weight excluding hydrogens is 230 g/mol. The molecule has 5 heteroatoms. The van der Waals surface area contributed by atoms with Crippen LogP contribution in [0.4, 0.5) is 11.5 Å². The van der Waals surface area contributed by atoms with Crippen LogP contribution in [-0.2, 0) is 9.53 Å². The first-order valence-electron chi connectivity index (χ1n) is 6.16. The van der Waals surface area contributed by atoms with Crippen molar-refractivity contribution in [3.8, 4) is 0 Å². The van der Waals surface area contributed by atoms with Crippen LogP contribution in [0.25, 0.3) is 0 Å². The molecule has 1 aliphatic heterocycles. The van der Waals surface area contributed by atoms with Gasteiger partial charge in [-0.05, 0) is 25.5 Å². The zero-order valence-corrected chi connectivity index (χ0v) is 11.1. The van der Waals surface area contributed by atoms with Crippen molar-refractivity contribution in [1.82, 2.24) is 4.98 Å². The fourth-order valence-electron chi connectivity index (χ4n) is 2.13. The molecule has 0 spiro atoms. The highest BCUT2D eigenvalue weighted by molar-refractivity contribution is 5.90. The molecule has 2 heterocycles. The second kappa shape index (κ2) is 5.35. The number of morpholine rings is 1. The molecule has 0 bridgehead atoms. The van der Waals surface area contributed by atoms with Crippen molar-refractivity contribution in [1.29, 1.82) is 0 Å². The molecule has 0 atom stereocenters. The Labute approximate surface area is 107 Å². The monoisotopic (exact) mass is 249 g/mol. The minimum absolute atomic E-state index is 0.0675. The SMILES string of the molecule is CC(=O)Nc1c(C)cc(N2CCOCC2)nc1C. The number of pyridine rings is 1. The zero-order chi connectivity index (χ0) is 13.1. The van der Waals surface area contributed by atoms with Crippen LogP contribution in [0.5, 0.6) is 0 Å². The van der Waals surface area contributed by atoms with Gasteiger partial charge in [0.05, 0.1) is 24.6 Å². The van der Waals surface area contributed by atoms with Gasteiger partial charge in [0.2, 0.25) is 5.91 Å². The zero-order valence-electron chi connectivity index (χ0n) is 11.1. The van der Waals surface area contributed by atoms with Gasteiger partial charge in [0, 0.05) is 20.0 Å². The van der Waals surface area contributed by atoms with Gasteiger partial charge in [-0.25, -0.2) is 4.98 Å². The number of rotatable bonds is 2. The van der Waals surface area contributed by atoms with E-state index in [2.05, 4.69) is 15.2 Å². The maximum Gasteiger partial charge on any atom is 0.221 e. The van der Waals surface area contributed by atoms with Crippen LogP contribution in [0.15, 0.2) is 6.07 Å². The molecular formula is C13H19N3O2. The number of carbonyl (C=O) groups is 1. The molecule has 0 saturated carbocycles. The quantitative estimate of drug-likeness (QED) is 0.863. The predicted molar refractivity (Wildman–Crippen MR) is 71.0 cm³/mol. The number of ether oxygens (including phenoxy) is 1. The number of nitrogens with one attached hydrogen (secondary N) is 1. The topological polar surface area (TPSA) is 54.5 Å². The number of nitrogens with zero attached hydrogens (tertiary/aromatic N) is 2. The van der Waals surface area contributed by atoms with Gasteiger partial charge in [0.15, 0.2) is 0 Å². The highest BCUT2D eigenvalue weighted by Gasteiger charge is 2.15. The Hall–Kier alpha value is -1.62. The average molecular weight is 249 g/mol. The standard InChI is InChI=1S/C13H19N3O2/c1-9-8-12(16-4-6-18-7-5-16)14-10(2)13(9)15-11(3)17/h8H,4-7H2,1-3H3,(H,15,17). The molecule has 1 saturated heterocycles. The van der Waals surface area contributed by atoms with Crippen LogP contribution in [0.1, 0.15) is 18.2 Å². The molecule has 5 nitrogen and oxygen atoms in total. The number of carbonyl (C=O) groups excluding carboxylic acids is 1. The highest BCUT2D eigenvalue weighted by atomic mass is 16.5. The van der Waals surface area contributed by atoms with Gasteiger partial charge in [-0.15, -0.1) is 0 Å². The third-order valence-electron chi connectivity index (χ3n) is 3.02. The molecule has 1 aliphatic rings. The van der Waals surface area contributed by atoms with Gasteiger partial charge < -0.3 is 15.0 Å². The maximum atomic E-state index is 11.1. The van der Waals surface area contributed by atoms with E-state index in [-0.39, 0.29) is 5.91 Å². The fourth-order valence-corrected chi connectivity index (χ4v) is 2.13. The van der Waals surface area contributed by atoms with Crippen LogP contribution >= 0.6 is 0 Å². The molecule has 0 unspecified atom stereocenters. The summed E-state index contributed by atoms with van der Waals surface area (Å²) in [5.41, 5.74) is 2.71. The molecule has 0 aliphatic carbocycles. The van der Waals surface area contributed by atoms with E-state index in [9.17, 15) is 4.79 Å². The minimum atomic E-state index is -0.0675. The van der Waals surface area contributed by atoms with E-state index in [1.54, 1.807) is 0 Å². The van der Waals surface area contributed by atoms with Crippen molar-refractivity contribution < 1.29 is 9.53 Å². The van der Waals surface area contributed by atoms with Crippen molar-refractivity contribution in [2.75, 3.05) is 36.5 Å². The maximum absolute atomic E-state index is 11.1. The van der Waals surface area contributed by atoms with Crippen molar-refractivity contribution in [2.45, 2.75) is 20.8 Å². The van der Waals surface area contributed by atoms with Gasteiger partial charge in [0.25, 0.3) is 0 Å². The molecule has 1 aromatic heterocycles. The number of hydrogen-bond acceptors (Lipinski definition) is 4. The number of aromatic nitrogens is 1. The lowest BCUT2D eigenvalue weighted by Crippen LogP contribution is -2.37. The van der Waals surface area contributed by atoms with E-state index in [0.29, 0.717) is 0 Å². The van der Waals surface area contributed by atoms with Crippen LogP contribution in [-0.4, -0.2) is 37.2 Å². The van der Waals surface area contributed by atoms with Crippen LogP contribution in [0.2, 0.25) is 0 Å². The molecule has 0 aromatic carbocycles. The van der Waals surface area contributed by atoms with E-state index in [1.807, 2.05) is 19.9 Å². The Morgan fingerprint density at radius 3 is 2.61 bits per heavy atom. The van der Waals surface area contributed by atoms with Crippen molar-refractivity contribution in [2.24, 2.45) is 0 Å². The average Bonchev–Trinajstić information content (AvgIpc) is 2.34. The molecule has 18 heavy (non-hydrogen) atoms. The van der Waals surface area contributed by atoms with E-state index in [1.165, 1.54) is 6.92 Å². The minimum Gasteiger partial charge on any atom is -0.378 e. The van der Waals surface area contributed by atoms with Gasteiger partial charge >= 0.3 is 0 Å². The summed E-state index contributed by atoms with van der Waals surface area (Å²) in [6.07, 6.45) is 0. The lowest BCUT2D eigenvalue weighted by atomic mass is 10.2. The summed E-state index contributed by atoms with van der Waals surface area (Å²) in [4.78, 5) is 17.9. The third-order valence-corrected chi connectivity index (χ3v) is 3.02. The van der Waals surface area contributed by atoms with E-state index in [4.69, 9.17) is 4.74 Å². The van der Waals surface area contributed by atoms with Crippen molar-refractivity contribution >= 4 is 17.4 Å². The first-order chi connectivity index (χ1) is 8.58. The van der Waals surface area contributed by atoms with E-state index < -0.39 is 0 Å². The van der Waals surface area contributed by atoms with Crippen LogP contribution in [0.3, 0.4) is 0 Å². The normalized spacial score (nSPS) is 15.6. The summed E-state index contributed by atoms with van der Waals surface area (Å²) in [6.45, 7) is 8.64. The van der Waals surface area contributed by atoms with Gasteiger partial charge in [-0.2, -0.15) is 0 Å². The molecule has 0 radical (unpaired) electrons. The molecule has 1 N–H and O–H groups in total.